The van der Waals surface area contributed by atoms with Crippen molar-refractivity contribution in [3.8, 4) is 11.1 Å². The highest BCUT2D eigenvalue weighted by Gasteiger charge is 2.30. The maximum Gasteiger partial charge on any atom is 0.250 e. The van der Waals surface area contributed by atoms with Crippen LogP contribution in [0.4, 0.5) is 0 Å². The zero-order valence-electron chi connectivity index (χ0n) is 19.1. The van der Waals surface area contributed by atoms with Crippen molar-refractivity contribution in [2.45, 2.75) is 25.2 Å². The standard InChI is InChI=1S/C25H29N3O5S/c1-33-10-3-11-34(31,32)28-8-6-18(7-9-28)23-15-27-24-21(23)13-20(14-22(24)25(26)30)19-5-2-4-17(12-19)16-29/h2,4-5,12-16,18,27H,3,6-11H2,1H3,(H2,26,30). The molecule has 0 bridgehead atoms. The molecule has 4 rings (SSSR count). The Bertz CT molecular complexity index is 1310. The predicted molar refractivity (Wildman–Crippen MR) is 131 cm³/mol. The van der Waals surface area contributed by atoms with Crippen LogP contribution in [0.2, 0.25) is 0 Å². The largest absolute Gasteiger partial charge is 0.385 e. The lowest BCUT2D eigenvalue weighted by molar-refractivity contribution is 0.100. The number of nitrogens with one attached hydrogen (secondary N) is 1. The van der Waals surface area contributed by atoms with Gasteiger partial charge >= 0.3 is 0 Å². The number of aldehydes is 1. The van der Waals surface area contributed by atoms with Crippen molar-refractivity contribution < 1.29 is 22.7 Å². The Balaban J connectivity index is 1.63. The third-order valence-electron chi connectivity index (χ3n) is 6.48. The number of primary amides is 1. The minimum absolute atomic E-state index is 0.0871. The zero-order valence-corrected chi connectivity index (χ0v) is 19.9. The van der Waals surface area contributed by atoms with E-state index in [9.17, 15) is 18.0 Å². The van der Waals surface area contributed by atoms with Gasteiger partial charge in [0.15, 0.2) is 0 Å². The van der Waals surface area contributed by atoms with Gasteiger partial charge in [0.25, 0.3) is 5.91 Å². The fraction of sp³-hybridized carbons (Fsp3) is 0.360. The van der Waals surface area contributed by atoms with Crippen molar-refractivity contribution in [3.05, 3.63) is 59.3 Å². The molecule has 1 aromatic heterocycles. The third kappa shape index (κ3) is 4.91. The number of sulfonamides is 1. The second kappa shape index (κ2) is 10.1. The molecule has 1 saturated heterocycles. The summed E-state index contributed by atoms with van der Waals surface area (Å²) in [6, 6.07) is 10.9. The van der Waals surface area contributed by atoms with Gasteiger partial charge in [0.1, 0.15) is 6.29 Å². The van der Waals surface area contributed by atoms with Crippen LogP contribution in [0.1, 0.15) is 51.5 Å². The summed E-state index contributed by atoms with van der Waals surface area (Å²) in [5.41, 5.74) is 9.95. The molecule has 1 aliphatic rings. The molecule has 9 heteroatoms. The van der Waals surface area contributed by atoms with E-state index in [0.717, 1.165) is 28.4 Å². The van der Waals surface area contributed by atoms with Crippen LogP contribution >= 0.6 is 0 Å². The highest BCUT2D eigenvalue weighted by molar-refractivity contribution is 7.89. The smallest absolute Gasteiger partial charge is 0.250 e. The van der Waals surface area contributed by atoms with E-state index < -0.39 is 15.9 Å². The van der Waals surface area contributed by atoms with Crippen molar-refractivity contribution in [3.63, 3.8) is 0 Å². The molecule has 1 amide bonds. The Morgan fingerprint density at radius 3 is 2.65 bits per heavy atom. The first-order valence-electron chi connectivity index (χ1n) is 11.3. The number of carbonyl (C=O) groups excluding carboxylic acids is 2. The molecule has 2 aromatic carbocycles. The molecule has 0 aliphatic carbocycles. The van der Waals surface area contributed by atoms with Crippen LogP contribution in [0.3, 0.4) is 0 Å². The lowest BCUT2D eigenvalue weighted by Gasteiger charge is -2.31. The van der Waals surface area contributed by atoms with Crippen molar-refractivity contribution in [1.82, 2.24) is 9.29 Å². The number of rotatable bonds is 9. The zero-order chi connectivity index (χ0) is 24.3. The number of hydrogen-bond acceptors (Lipinski definition) is 5. The maximum absolute atomic E-state index is 12.6. The van der Waals surface area contributed by atoms with Crippen molar-refractivity contribution in [2.24, 2.45) is 5.73 Å². The number of benzene rings is 2. The molecule has 3 aromatic rings. The molecule has 1 aliphatic heterocycles. The Kier molecular flexibility index (Phi) is 7.16. The number of nitrogens with zero attached hydrogens (tertiary/aromatic N) is 1. The third-order valence-corrected chi connectivity index (χ3v) is 8.44. The molecule has 0 unspecified atom stereocenters. The van der Waals surface area contributed by atoms with Gasteiger partial charge in [-0.05, 0) is 60.1 Å². The minimum Gasteiger partial charge on any atom is -0.385 e. The van der Waals surface area contributed by atoms with Gasteiger partial charge in [-0.1, -0.05) is 18.2 Å². The maximum atomic E-state index is 12.6. The van der Waals surface area contributed by atoms with Crippen molar-refractivity contribution in [2.75, 3.05) is 32.6 Å². The summed E-state index contributed by atoms with van der Waals surface area (Å²) in [7, 11) is -1.74. The van der Waals surface area contributed by atoms with E-state index in [4.69, 9.17) is 10.5 Å². The number of nitrogens with two attached hydrogens (primary N) is 1. The van der Waals surface area contributed by atoms with E-state index >= 15 is 0 Å². The second-order valence-corrected chi connectivity index (χ2v) is 10.7. The number of carbonyl (C=O) groups is 2. The average molecular weight is 484 g/mol. The summed E-state index contributed by atoms with van der Waals surface area (Å²) in [5.74, 6) is -0.302. The minimum atomic E-state index is -3.30. The van der Waals surface area contributed by atoms with Crippen molar-refractivity contribution in [1.29, 1.82) is 0 Å². The normalized spacial score (nSPS) is 15.6. The molecule has 2 heterocycles. The number of H-pyrrole nitrogens is 1. The van der Waals surface area contributed by atoms with Crippen LogP contribution in [0.5, 0.6) is 0 Å². The highest BCUT2D eigenvalue weighted by atomic mass is 32.2. The van der Waals surface area contributed by atoms with Gasteiger partial charge < -0.3 is 15.5 Å². The van der Waals surface area contributed by atoms with E-state index in [1.807, 2.05) is 18.3 Å². The first-order chi connectivity index (χ1) is 16.3. The predicted octanol–water partition coefficient (Wildman–Crippen LogP) is 3.29. The SMILES string of the molecule is COCCCS(=O)(=O)N1CCC(c2c[nH]c3c(C(N)=O)cc(-c4cccc(C=O)c4)cc23)CC1. The molecule has 1 fully saturated rings. The number of aromatic amines is 1. The van der Waals surface area contributed by atoms with Crippen molar-refractivity contribution >= 4 is 33.1 Å². The fourth-order valence-electron chi connectivity index (χ4n) is 4.70. The molecular formula is C25H29N3O5S. The fourth-order valence-corrected chi connectivity index (χ4v) is 6.21. The summed E-state index contributed by atoms with van der Waals surface area (Å²) >= 11 is 0. The first kappa shape index (κ1) is 24.1. The van der Waals surface area contributed by atoms with Gasteiger partial charge in [-0.15, -0.1) is 0 Å². The van der Waals surface area contributed by atoms with Gasteiger partial charge in [0.2, 0.25) is 10.0 Å². The lowest BCUT2D eigenvalue weighted by Crippen LogP contribution is -2.39. The molecule has 0 spiro atoms. The van der Waals surface area contributed by atoms with Crippen LogP contribution in [-0.2, 0) is 14.8 Å². The molecule has 0 saturated carbocycles. The van der Waals surface area contributed by atoms with Gasteiger partial charge in [-0.2, -0.15) is 0 Å². The molecule has 8 nitrogen and oxygen atoms in total. The van der Waals surface area contributed by atoms with Gasteiger partial charge in [-0.3, -0.25) is 9.59 Å². The average Bonchev–Trinajstić information content (AvgIpc) is 3.27. The van der Waals surface area contributed by atoms with E-state index in [1.165, 1.54) is 0 Å². The van der Waals surface area contributed by atoms with Crippen LogP contribution in [0.15, 0.2) is 42.6 Å². The summed E-state index contributed by atoms with van der Waals surface area (Å²) in [5, 5.41) is 0.893. The number of aromatic nitrogens is 1. The monoisotopic (exact) mass is 483 g/mol. The summed E-state index contributed by atoms with van der Waals surface area (Å²) < 4.78 is 31.8. The van der Waals surface area contributed by atoms with Crippen LogP contribution in [0.25, 0.3) is 22.0 Å². The van der Waals surface area contributed by atoms with Crippen LogP contribution in [0, 0.1) is 0 Å². The Labute approximate surface area is 199 Å². The van der Waals surface area contributed by atoms with Gasteiger partial charge in [-0.25, -0.2) is 12.7 Å². The molecular weight excluding hydrogens is 454 g/mol. The quantitative estimate of drug-likeness (QED) is 0.357. The number of ether oxygens (including phenoxy) is 1. The van der Waals surface area contributed by atoms with E-state index in [1.54, 1.807) is 35.7 Å². The summed E-state index contributed by atoms with van der Waals surface area (Å²) in [4.78, 5) is 26.7. The van der Waals surface area contributed by atoms with E-state index in [0.29, 0.717) is 55.6 Å². The molecule has 3 N–H and O–H groups in total. The van der Waals surface area contributed by atoms with Crippen LogP contribution < -0.4 is 5.73 Å². The Hall–Kier alpha value is -3.01. The number of piperidine rings is 1. The highest BCUT2D eigenvalue weighted by Crippen LogP contribution is 2.37. The Morgan fingerprint density at radius 1 is 1.21 bits per heavy atom. The molecule has 0 radical (unpaired) electrons. The van der Waals surface area contributed by atoms with E-state index in [-0.39, 0.29) is 11.7 Å². The first-order valence-corrected chi connectivity index (χ1v) is 12.9. The number of hydrogen-bond donors (Lipinski definition) is 2. The van der Waals surface area contributed by atoms with Crippen LogP contribution in [-0.4, -0.2) is 62.5 Å². The number of fused-ring (bicyclic) bond motifs is 1. The summed E-state index contributed by atoms with van der Waals surface area (Å²) in [6.07, 6.45) is 4.54. The van der Waals surface area contributed by atoms with Gasteiger partial charge in [0.05, 0.1) is 16.8 Å². The molecule has 180 valence electrons. The second-order valence-electron chi connectivity index (χ2n) is 8.63. The molecule has 0 atom stereocenters. The topological polar surface area (TPSA) is 123 Å². The van der Waals surface area contributed by atoms with E-state index in [2.05, 4.69) is 4.98 Å². The number of amides is 1. The number of methoxy groups -OCH3 is 1. The lowest BCUT2D eigenvalue weighted by atomic mass is 9.88. The van der Waals surface area contributed by atoms with Gasteiger partial charge in [0, 0.05) is 44.0 Å². The summed E-state index contributed by atoms with van der Waals surface area (Å²) in [6.45, 7) is 1.33. The Morgan fingerprint density at radius 2 is 1.97 bits per heavy atom. The molecule has 34 heavy (non-hydrogen) atoms.